The van der Waals surface area contributed by atoms with Gasteiger partial charge < -0.3 is 4.98 Å². The fourth-order valence-electron chi connectivity index (χ4n) is 3.00. The number of nitrogens with zero attached hydrogens (tertiary/aromatic N) is 2. The zero-order valence-corrected chi connectivity index (χ0v) is 19.2. The van der Waals surface area contributed by atoms with Gasteiger partial charge in [-0.15, -0.1) is 0 Å². The average molecular weight is 452 g/mol. The third-order valence-electron chi connectivity index (χ3n) is 4.81. The lowest BCUT2D eigenvalue weighted by Crippen LogP contribution is -2.14. The first-order chi connectivity index (χ1) is 15.1. The van der Waals surface area contributed by atoms with E-state index < -0.39 is 0 Å². The highest BCUT2D eigenvalue weighted by atomic mass is 35.5. The molecule has 0 aliphatic heterocycles. The monoisotopic (exact) mass is 451 g/mol. The first-order valence-corrected chi connectivity index (χ1v) is 11.8. The summed E-state index contributed by atoms with van der Waals surface area (Å²) >= 11 is 7.72. The van der Waals surface area contributed by atoms with E-state index in [9.17, 15) is 4.79 Å². The van der Waals surface area contributed by atoms with Crippen molar-refractivity contribution in [3.8, 4) is 11.8 Å². The number of hydrogen-bond donors (Lipinski definition) is 1. The van der Waals surface area contributed by atoms with E-state index >= 15 is 0 Å². The van der Waals surface area contributed by atoms with Crippen LogP contribution in [0.2, 0.25) is 5.02 Å². The van der Waals surface area contributed by atoms with E-state index in [0.29, 0.717) is 17.1 Å². The van der Waals surface area contributed by atoms with Crippen LogP contribution in [0.3, 0.4) is 0 Å². The molecule has 0 bridgehead atoms. The molecular formula is C25H26ClN3OS. The summed E-state index contributed by atoms with van der Waals surface area (Å²) in [7, 11) is 0. The Morgan fingerprint density at radius 3 is 2.77 bits per heavy atom. The zero-order chi connectivity index (χ0) is 21.9. The van der Waals surface area contributed by atoms with Gasteiger partial charge in [-0.1, -0.05) is 60.2 Å². The van der Waals surface area contributed by atoms with Crippen LogP contribution in [-0.2, 0) is 6.42 Å². The number of hydrogen-bond acceptors (Lipinski definition) is 4. The molecule has 0 saturated carbocycles. The smallest absolute Gasteiger partial charge is 0.255 e. The zero-order valence-electron chi connectivity index (χ0n) is 17.7. The van der Waals surface area contributed by atoms with Crippen molar-refractivity contribution in [3.63, 3.8) is 0 Å². The Morgan fingerprint density at radius 1 is 1.13 bits per heavy atom. The molecule has 31 heavy (non-hydrogen) atoms. The molecule has 4 nitrogen and oxygen atoms in total. The molecular weight excluding hydrogens is 426 g/mol. The molecule has 1 aromatic carbocycles. The van der Waals surface area contributed by atoms with Crippen molar-refractivity contribution < 1.29 is 0 Å². The van der Waals surface area contributed by atoms with Gasteiger partial charge in [0.15, 0.2) is 5.16 Å². The second-order valence-corrected chi connectivity index (χ2v) is 8.85. The number of thioether (sulfide) groups is 1. The van der Waals surface area contributed by atoms with Crippen molar-refractivity contribution in [2.75, 3.05) is 5.75 Å². The lowest BCUT2D eigenvalue weighted by molar-refractivity contribution is 0.683. The van der Waals surface area contributed by atoms with Gasteiger partial charge in [0.05, 0.1) is 0 Å². The van der Waals surface area contributed by atoms with Crippen LogP contribution in [0.1, 0.15) is 54.4 Å². The SMILES string of the molecule is Cc1ccc(C#CCCCCCCSc2ncc(Cc3cccnc3)c(=O)[nH]2)cc1Cl. The van der Waals surface area contributed by atoms with Gasteiger partial charge in [0.2, 0.25) is 0 Å². The van der Waals surface area contributed by atoms with E-state index in [-0.39, 0.29) is 5.56 Å². The molecule has 6 heteroatoms. The summed E-state index contributed by atoms with van der Waals surface area (Å²) in [5, 5.41) is 1.45. The Bertz CT molecular complexity index is 1100. The summed E-state index contributed by atoms with van der Waals surface area (Å²) in [4.78, 5) is 23.6. The lowest BCUT2D eigenvalue weighted by atomic mass is 10.1. The van der Waals surface area contributed by atoms with Crippen LogP contribution in [0.5, 0.6) is 0 Å². The molecule has 0 fully saturated rings. The fourth-order valence-corrected chi connectivity index (χ4v) is 4.01. The number of benzene rings is 1. The molecule has 2 heterocycles. The number of aryl methyl sites for hydroxylation is 1. The van der Waals surface area contributed by atoms with Crippen LogP contribution in [0.4, 0.5) is 0 Å². The van der Waals surface area contributed by atoms with Crippen LogP contribution >= 0.6 is 23.4 Å². The summed E-state index contributed by atoms with van der Waals surface area (Å²) in [6, 6.07) is 9.76. The minimum atomic E-state index is -0.0743. The number of aromatic nitrogens is 3. The fraction of sp³-hybridized carbons (Fsp3) is 0.320. The highest BCUT2D eigenvalue weighted by Crippen LogP contribution is 2.17. The average Bonchev–Trinajstić information content (AvgIpc) is 2.77. The largest absolute Gasteiger partial charge is 0.301 e. The minimum Gasteiger partial charge on any atom is -0.301 e. The molecule has 1 N–H and O–H groups in total. The number of nitrogens with one attached hydrogen (secondary N) is 1. The van der Waals surface area contributed by atoms with Crippen LogP contribution in [0.15, 0.2) is 58.9 Å². The van der Waals surface area contributed by atoms with Crippen molar-refractivity contribution in [3.05, 3.63) is 86.6 Å². The Morgan fingerprint density at radius 2 is 2.00 bits per heavy atom. The van der Waals surface area contributed by atoms with Crippen molar-refractivity contribution in [1.29, 1.82) is 0 Å². The highest BCUT2D eigenvalue weighted by molar-refractivity contribution is 7.99. The molecule has 0 aliphatic rings. The van der Waals surface area contributed by atoms with Crippen LogP contribution in [0, 0.1) is 18.8 Å². The molecule has 2 aromatic heterocycles. The first kappa shape index (κ1) is 23.1. The van der Waals surface area contributed by atoms with Crippen molar-refractivity contribution in [2.24, 2.45) is 0 Å². The predicted molar refractivity (Wildman–Crippen MR) is 129 cm³/mol. The van der Waals surface area contributed by atoms with Crippen molar-refractivity contribution in [1.82, 2.24) is 15.0 Å². The Labute approximate surface area is 192 Å². The topological polar surface area (TPSA) is 58.6 Å². The van der Waals surface area contributed by atoms with Crippen molar-refractivity contribution in [2.45, 2.75) is 50.6 Å². The number of unbranched alkanes of at least 4 members (excludes halogenated alkanes) is 4. The molecule has 0 unspecified atom stereocenters. The summed E-state index contributed by atoms with van der Waals surface area (Å²) < 4.78 is 0. The number of aromatic amines is 1. The standard InChI is InChI=1S/C25H26ClN3OS/c1-19-11-12-20(16-23(19)26)9-6-4-2-3-5-7-14-31-25-28-18-22(24(30)29-25)15-21-10-8-13-27-17-21/h8,10-13,16-18H,2-5,7,14-15H2,1H3,(H,28,29,30). The summed E-state index contributed by atoms with van der Waals surface area (Å²) in [6.45, 7) is 1.99. The van der Waals surface area contributed by atoms with Gasteiger partial charge in [0, 0.05) is 53.3 Å². The summed E-state index contributed by atoms with van der Waals surface area (Å²) in [5.74, 6) is 7.35. The van der Waals surface area contributed by atoms with Crippen molar-refractivity contribution >= 4 is 23.4 Å². The molecule has 0 saturated heterocycles. The van der Waals surface area contributed by atoms with Crippen LogP contribution in [0.25, 0.3) is 0 Å². The van der Waals surface area contributed by atoms with Gasteiger partial charge >= 0.3 is 0 Å². The van der Waals surface area contributed by atoms with E-state index in [1.165, 1.54) is 0 Å². The Hall–Kier alpha value is -2.55. The molecule has 0 aliphatic carbocycles. The number of halogens is 1. The molecule has 3 aromatic rings. The summed E-state index contributed by atoms with van der Waals surface area (Å²) in [6.07, 6.45) is 11.1. The maximum atomic E-state index is 12.3. The first-order valence-electron chi connectivity index (χ1n) is 10.5. The second kappa shape index (κ2) is 12.3. The third kappa shape index (κ3) is 7.90. The molecule has 0 atom stereocenters. The van der Waals surface area contributed by atoms with Crippen LogP contribution in [-0.4, -0.2) is 20.7 Å². The van der Waals surface area contributed by atoms with Gasteiger partial charge in [-0.2, -0.15) is 0 Å². The normalized spacial score (nSPS) is 10.5. The molecule has 0 spiro atoms. The molecule has 160 valence electrons. The maximum absolute atomic E-state index is 12.3. The maximum Gasteiger partial charge on any atom is 0.255 e. The van der Waals surface area contributed by atoms with E-state index in [2.05, 4.69) is 26.8 Å². The Balaban J connectivity index is 1.31. The van der Waals surface area contributed by atoms with E-state index in [1.54, 1.807) is 30.4 Å². The lowest BCUT2D eigenvalue weighted by Gasteiger charge is -2.03. The second-order valence-electron chi connectivity index (χ2n) is 7.36. The van der Waals surface area contributed by atoms with Gasteiger partial charge in [-0.05, 0) is 49.1 Å². The van der Waals surface area contributed by atoms with Gasteiger partial charge in [-0.25, -0.2) is 4.98 Å². The van der Waals surface area contributed by atoms with Crippen LogP contribution < -0.4 is 5.56 Å². The third-order valence-corrected chi connectivity index (χ3v) is 6.19. The Kier molecular flexibility index (Phi) is 9.20. The summed E-state index contributed by atoms with van der Waals surface area (Å²) in [5.41, 5.74) is 3.63. The molecule has 0 amide bonds. The van der Waals surface area contributed by atoms with E-state index in [4.69, 9.17) is 11.6 Å². The minimum absolute atomic E-state index is 0.0743. The molecule has 0 radical (unpaired) electrons. The number of rotatable bonds is 9. The highest BCUT2D eigenvalue weighted by Gasteiger charge is 2.05. The number of pyridine rings is 1. The predicted octanol–water partition coefficient (Wildman–Crippen LogP) is 5.81. The quantitative estimate of drug-likeness (QED) is 0.193. The van der Waals surface area contributed by atoms with E-state index in [0.717, 1.165) is 59.6 Å². The van der Waals surface area contributed by atoms with Gasteiger partial charge in [-0.3, -0.25) is 9.78 Å². The number of H-pyrrole nitrogens is 1. The van der Waals surface area contributed by atoms with Gasteiger partial charge in [0.1, 0.15) is 0 Å². The van der Waals surface area contributed by atoms with E-state index in [1.807, 2.05) is 37.3 Å². The molecule has 3 rings (SSSR count). The van der Waals surface area contributed by atoms with Gasteiger partial charge in [0.25, 0.3) is 5.56 Å².